The van der Waals surface area contributed by atoms with Crippen molar-refractivity contribution in [3.05, 3.63) is 40.3 Å². The summed E-state index contributed by atoms with van der Waals surface area (Å²) in [6.07, 6.45) is 9.64. The highest BCUT2D eigenvalue weighted by Crippen LogP contribution is 2.51. The number of aromatic nitrogens is 5. The van der Waals surface area contributed by atoms with Crippen LogP contribution in [0.2, 0.25) is 5.02 Å². The van der Waals surface area contributed by atoms with Crippen molar-refractivity contribution in [2.45, 2.75) is 50.0 Å². The van der Waals surface area contributed by atoms with E-state index in [0.717, 1.165) is 62.6 Å². The van der Waals surface area contributed by atoms with Crippen molar-refractivity contribution in [2.75, 3.05) is 71.7 Å². The highest BCUT2D eigenvalue weighted by molar-refractivity contribution is 6.33. The zero-order valence-corrected chi connectivity index (χ0v) is 27.5. The largest absolute Gasteiger partial charge is 0.480 e. The van der Waals surface area contributed by atoms with Gasteiger partial charge in [0.05, 0.1) is 37.6 Å². The minimum atomic E-state index is -0.571. The van der Waals surface area contributed by atoms with Crippen LogP contribution in [0.15, 0.2) is 23.9 Å². The monoisotopic (exact) mass is 663 g/mol. The third kappa shape index (κ3) is 5.48. The number of hydrogen-bond acceptors (Lipinski definition) is 10. The molecule has 1 saturated carbocycles. The van der Waals surface area contributed by atoms with Crippen LogP contribution < -0.4 is 14.4 Å². The average molecular weight is 664 g/mol. The molecule has 4 aromatic rings. The van der Waals surface area contributed by atoms with Crippen LogP contribution in [0.1, 0.15) is 50.0 Å². The van der Waals surface area contributed by atoms with Crippen LogP contribution in [0.5, 0.6) is 11.9 Å². The number of ether oxygens (including phenoxy) is 4. The van der Waals surface area contributed by atoms with Crippen LogP contribution in [0.4, 0.5) is 10.2 Å². The van der Waals surface area contributed by atoms with Gasteiger partial charge in [-0.05, 0) is 62.6 Å². The van der Waals surface area contributed by atoms with E-state index in [2.05, 4.69) is 26.1 Å². The van der Waals surface area contributed by atoms with E-state index in [1.807, 2.05) is 6.07 Å². The molecule has 3 aliphatic heterocycles. The summed E-state index contributed by atoms with van der Waals surface area (Å²) in [6.45, 7) is 5.34. The number of anilines is 1. The Bertz CT molecular complexity index is 1860. The summed E-state index contributed by atoms with van der Waals surface area (Å²) in [5.41, 5.74) is 3.64. The Balaban J connectivity index is 1.27. The predicted octanol–water partition coefficient (Wildman–Crippen LogP) is 5.66. The molecule has 4 aliphatic rings. The SMILES string of the molecule is COC/C=C1\CN2CCCC2(COc2nc(N3CCCOCC3)c3c(OC)nc(-c4c(C5CC5)c(Cl)cc5[nH]ncc45)c(F)c3n2)C1. The van der Waals surface area contributed by atoms with Crippen LogP contribution in [-0.4, -0.2) is 102 Å². The molecule has 13 heteroatoms. The van der Waals surface area contributed by atoms with E-state index in [4.69, 9.17) is 45.5 Å². The fraction of sp³-hybridized carbons (Fsp3) is 0.529. The molecule has 3 saturated heterocycles. The van der Waals surface area contributed by atoms with Gasteiger partial charge < -0.3 is 23.8 Å². The van der Waals surface area contributed by atoms with Crippen molar-refractivity contribution in [2.24, 2.45) is 0 Å². The van der Waals surface area contributed by atoms with Crippen LogP contribution >= 0.6 is 11.6 Å². The van der Waals surface area contributed by atoms with Crippen molar-refractivity contribution in [3.63, 3.8) is 0 Å². The van der Waals surface area contributed by atoms with E-state index in [1.54, 1.807) is 20.4 Å². The molecular weight excluding hydrogens is 625 g/mol. The molecule has 0 bridgehead atoms. The Hall–Kier alpha value is -3.58. The summed E-state index contributed by atoms with van der Waals surface area (Å²) in [4.78, 5) is 19.1. The first-order chi connectivity index (χ1) is 23.0. The minimum Gasteiger partial charge on any atom is -0.480 e. The van der Waals surface area contributed by atoms with Crippen LogP contribution in [0.25, 0.3) is 33.1 Å². The first-order valence-electron chi connectivity index (χ1n) is 16.5. The number of methoxy groups -OCH3 is 2. The first kappa shape index (κ1) is 30.7. The Labute approximate surface area is 277 Å². The van der Waals surface area contributed by atoms with E-state index in [1.165, 1.54) is 5.57 Å². The molecule has 4 fully saturated rings. The van der Waals surface area contributed by atoms with Crippen LogP contribution in [-0.2, 0) is 9.47 Å². The maximum Gasteiger partial charge on any atom is 0.319 e. The van der Waals surface area contributed by atoms with E-state index in [-0.39, 0.29) is 34.6 Å². The van der Waals surface area contributed by atoms with E-state index in [0.29, 0.717) is 66.8 Å². The smallest absolute Gasteiger partial charge is 0.319 e. The predicted molar refractivity (Wildman–Crippen MR) is 177 cm³/mol. The lowest BCUT2D eigenvalue weighted by molar-refractivity contribution is 0.108. The number of pyridine rings is 1. The molecule has 0 amide bonds. The second kappa shape index (κ2) is 12.5. The van der Waals surface area contributed by atoms with Gasteiger partial charge in [-0.2, -0.15) is 15.1 Å². The number of benzene rings is 1. The third-order valence-electron chi connectivity index (χ3n) is 10.1. The van der Waals surface area contributed by atoms with E-state index >= 15 is 4.39 Å². The topological polar surface area (TPSA) is 111 Å². The molecule has 1 N–H and O–H groups in total. The molecule has 1 aromatic carbocycles. The number of H-pyrrole nitrogens is 1. The lowest BCUT2D eigenvalue weighted by Crippen LogP contribution is -2.43. The lowest BCUT2D eigenvalue weighted by atomic mass is 9.93. The highest BCUT2D eigenvalue weighted by Gasteiger charge is 2.47. The Kier molecular flexibility index (Phi) is 8.15. The van der Waals surface area contributed by atoms with Gasteiger partial charge in [-0.25, -0.2) is 9.37 Å². The zero-order valence-electron chi connectivity index (χ0n) is 26.8. The second-order valence-corrected chi connectivity index (χ2v) is 13.5. The van der Waals surface area contributed by atoms with Crippen molar-refractivity contribution in [1.82, 2.24) is 30.0 Å². The van der Waals surface area contributed by atoms with Gasteiger partial charge in [-0.1, -0.05) is 23.3 Å². The van der Waals surface area contributed by atoms with Gasteiger partial charge in [0.25, 0.3) is 0 Å². The lowest BCUT2D eigenvalue weighted by Gasteiger charge is -2.31. The van der Waals surface area contributed by atoms with Gasteiger partial charge in [0.1, 0.15) is 29.0 Å². The Morgan fingerprint density at radius 2 is 2.04 bits per heavy atom. The second-order valence-electron chi connectivity index (χ2n) is 13.1. The molecule has 1 aliphatic carbocycles. The highest BCUT2D eigenvalue weighted by atomic mass is 35.5. The molecule has 1 atom stereocenters. The number of fused-ring (bicyclic) bond motifs is 3. The van der Waals surface area contributed by atoms with Crippen LogP contribution in [0, 0.1) is 5.82 Å². The van der Waals surface area contributed by atoms with Gasteiger partial charge in [0, 0.05) is 49.3 Å². The van der Waals surface area contributed by atoms with Crippen molar-refractivity contribution in [3.8, 4) is 23.1 Å². The first-order valence-corrected chi connectivity index (χ1v) is 16.9. The summed E-state index contributed by atoms with van der Waals surface area (Å²) in [5, 5.41) is 8.96. The zero-order chi connectivity index (χ0) is 32.1. The molecule has 6 heterocycles. The van der Waals surface area contributed by atoms with Gasteiger partial charge in [-0.3, -0.25) is 10.00 Å². The standard InChI is InChI=1S/C34H39ClFN7O4/c1-44-13-7-20-16-34(8-3-10-43(34)18-20)19-47-33-39-30-27(31(40-33)42-9-4-12-46-14-11-42)32(45-2)38-29(28(30)36)26-22-17-37-41-24(22)15-23(35)25(26)21-5-6-21/h7,15,17,21H,3-6,8-14,16,18-19H2,1-2H3,(H,37,41)/b20-7-. The summed E-state index contributed by atoms with van der Waals surface area (Å²) >= 11 is 6.84. The summed E-state index contributed by atoms with van der Waals surface area (Å²) in [6, 6.07) is 1.99. The van der Waals surface area contributed by atoms with Gasteiger partial charge >= 0.3 is 6.01 Å². The molecule has 248 valence electrons. The average Bonchev–Trinajstić information content (AvgIpc) is 3.65. The molecule has 8 rings (SSSR count). The normalized spacial score (nSPS) is 22.8. The summed E-state index contributed by atoms with van der Waals surface area (Å²) < 4.78 is 40.7. The minimum absolute atomic E-state index is 0.100. The van der Waals surface area contributed by atoms with Crippen molar-refractivity contribution >= 4 is 39.2 Å². The molecule has 3 aromatic heterocycles. The molecule has 0 spiro atoms. The number of halogens is 2. The Morgan fingerprint density at radius 3 is 2.87 bits per heavy atom. The van der Waals surface area contributed by atoms with E-state index < -0.39 is 5.82 Å². The molecular formula is C34H39ClFN7O4. The van der Waals surface area contributed by atoms with Crippen molar-refractivity contribution in [1.29, 1.82) is 0 Å². The van der Waals surface area contributed by atoms with Crippen LogP contribution in [0.3, 0.4) is 0 Å². The maximum atomic E-state index is 17.2. The molecule has 0 radical (unpaired) electrons. The molecule has 1 unspecified atom stereocenters. The van der Waals surface area contributed by atoms with Gasteiger partial charge in [0.2, 0.25) is 5.88 Å². The van der Waals surface area contributed by atoms with Gasteiger partial charge in [0.15, 0.2) is 5.82 Å². The number of rotatable bonds is 9. The number of aromatic amines is 1. The summed E-state index contributed by atoms with van der Waals surface area (Å²) in [7, 11) is 3.25. The number of nitrogens with zero attached hydrogens (tertiary/aromatic N) is 6. The fourth-order valence-electron chi connectivity index (χ4n) is 7.68. The molecule has 11 nitrogen and oxygen atoms in total. The van der Waals surface area contributed by atoms with E-state index in [9.17, 15) is 0 Å². The maximum absolute atomic E-state index is 17.2. The van der Waals surface area contributed by atoms with Gasteiger partial charge in [-0.15, -0.1) is 0 Å². The number of nitrogens with one attached hydrogen (secondary N) is 1. The summed E-state index contributed by atoms with van der Waals surface area (Å²) in [5.74, 6) is 0.420. The Morgan fingerprint density at radius 1 is 1.15 bits per heavy atom. The fourth-order valence-corrected chi connectivity index (χ4v) is 8.04. The quantitative estimate of drug-likeness (QED) is 0.225. The number of hydrogen-bond donors (Lipinski definition) is 1. The molecule has 47 heavy (non-hydrogen) atoms. The third-order valence-corrected chi connectivity index (χ3v) is 10.4. The van der Waals surface area contributed by atoms with Crippen molar-refractivity contribution < 1.29 is 23.3 Å².